The van der Waals surface area contributed by atoms with Crippen molar-refractivity contribution in [1.29, 1.82) is 0 Å². The van der Waals surface area contributed by atoms with Crippen molar-refractivity contribution in [3.63, 3.8) is 0 Å². The minimum Gasteiger partial charge on any atom is -0.481 e. The van der Waals surface area contributed by atoms with Crippen LogP contribution < -0.4 is 14.4 Å². The van der Waals surface area contributed by atoms with Gasteiger partial charge in [0.05, 0.1) is 33.5 Å². The summed E-state index contributed by atoms with van der Waals surface area (Å²) in [5.74, 6) is 1.75. The molecule has 0 amide bonds. The molecule has 7 nitrogen and oxygen atoms in total. The van der Waals surface area contributed by atoms with Gasteiger partial charge in [-0.3, -0.25) is 4.90 Å². The zero-order valence-corrected chi connectivity index (χ0v) is 12.6. The first-order valence-electron chi connectivity index (χ1n) is 7.34. The molecule has 2 aliphatic heterocycles. The van der Waals surface area contributed by atoms with Crippen LogP contribution in [0.3, 0.4) is 0 Å². The maximum Gasteiger partial charge on any atom is 0.232 e. The van der Waals surface area contributed by atoms with Crippen molar-refractivity contribution in [3.05, 3.63) is 6.07 Å². The lowest BCUT2D eigenvalue weighted by atomic mass is 10.2. The highest BCUT2D eigenvalue weighted by molar-refractivity contribution is 5.38. The summed E-state index contributed by atoms with van der Waals surface area (Å²) >= 11 is 0. The predicted octanol–water partition coefficient (Wildman–Crippen LogP) is 0.405. The Morgan fingerprint density at radius 1 is 1.10 bits per heavy atom. The number of anilines is 1. The molecular formula is C14H22N4O3. The Balaban J connectivity index is 1.70. The first-order chi connectivity index (χ1) is 10.3. The topological polar surface area (TPSA) is 60.0 Å². The van der Waals surface area contributed by atoms with Crippen LogP contribution in [-0.2, 0) is 4.74 Å². The van der Waals surface area contributed by atoms with Gasteiger partial charge in [0.1, 0.15) is 0 Å². The highest BCUT2D eigenvalue weighted by Gasteiger charge is 2.30. The van der Waals surface area contributed by atoms with Gasteiger partial charge in [0.25, 0.3) is 0 Å². The molecule has 1 unspecified atom stereocenters. The van der Waals surface area contributed by atoms with Gasteiger partial charge >= 0.3 is 0 Å². The molecule has 7 heteroatoms. The predicted molar refractivity (Wildman–Crippen MR) is 78.1 cm³/mol. The second-order valence-electron chi connectivity index (χ2n) is 5.29. The molecule has 0 spiro atoms. The Labute approximate surface area is 124 Å². The Morgan fingerprint density at radius 3 is 2.38 bits per heavy atom. The summed E-state index contributed by atoms with van der Waals surface area (Å²) in [6, 6.07) is 2.24. The van der Waals surface area contributed by atoms with Gasteiger partial charge in [0, 0.05) is 32.2 Å². The number of aromatic nitrogens is 2. The SMILES string of the molecule is COc1cc(OC)nc(N2CCC(N3CCOCC3)C2)n1. The summed E-state index contributed by atoms with van der Waals surface area (Å²) < 4.78 is 15.8. The molecule has 21 heavy (non-hydrogen) atoms. The van der Waals surface area contributed by atoms with Crippen molar-refractivity contribution in [2.75, 3.05) is 58.5 Å². The van der Waals surface area contributed by atoms with Crippen LogP contribution in [0, 0.1) is 0 Å². The number of methoxy groups -OCH3 is 2. The van der Waals surface area contributed by atoms with E-state index in [-0.39, 0.29) is 0 Å². The number of morpholine rings is 1. The van der Waals surface area contributed by atoms with Gasteiger partial charge in [-0.25, -0.2) is 0 Å². The number of hydrogen-bond donors (Lipinski definition) is 0. The first kappa shape index (κ1) is 14.3. The fraction of sp³-hybridized carbons (Fsp3) is 0.714. The van der Waals surface area contributed by atoms with E-state index in [1.165, 1.54) is 0 Å². The van der Waals surface area contributed by atoms with Crippen LogP contribution in [0.15, 0.2) is 6.07 Å². The minimum atomic E-state index is 0.534. The minimum absolute atomic E-state index is 0.534. The molecule has 2 fully saturated rings. The molecule has 2 saturated heterocycles. The lowest BCUT2D eigenvalue weighted by molar-refractivity contribution is 0.0209. The largest absolute Gasteiger partial charge is 0.481 e. The third kappa shape index (κ3) is 3.19. The van der Waals surface area contributed by atoms with Gasteiger partial charge in [-0.1, -0.05) is 0 Å². The van der Waals surface area contributed by atoms with Gasteiger partial charge < -0.3 is 19.1 Å². The summed E-state index contributed by atoms with van der Waals surface area (Å²) in [7, 11) is 3.21. The van der Waals surface area contributed by atoms with Crippen molar-refractivity contribution < 1.29 is 14.2 Å². The van der Waals surface area contributed by atoms with Crippen LogP contribution in [0.4, 0.5) is 5.95 Å². The molecule has 1 aromatic heterocycles. The summed E-state index contributed by atoms with van der Waals surface area (Å²) in [4.78, 5) is 13.6. The van der Waals surface area contributed by atoms with E-state index in [4.69, 9.17) is 14.2 Å². The van der Waals surface area contributed by atoms with Crippen LogP contribution in [0.1, 0.15) is 6.42 Å². The average molecular weight is 294 g/mol. The van der Waals surface area contributed by atoms with E-state index >= 15 is 0 Å². The molecule has 0 aromatic carbocycles. The Morgan fingerprint density at radius 2 is 1.76 bits per heavy atom. The first-order valence-corrected chi connectivity index (χ1v) is 7.34. The van der Waals surface area contributed by atoms with Crippen LogP contribution >= 0.6 is 0 Å². The van der Waals surface area contributed by atoms with Gasteiger partial charge in [0.2, 0.25) is 17.7 Å². The Hall–Kier alpha value is -1.60. The normalized spacial score (nSPS) is 23.3. The molecule has 0 saturated carbocycles. The van der Waals surface area contributed by atoms with E-state index in [0.717, 1.165) is 45.8 Å². The maximum atomic E-state index is 5.42. The molecule has 3 heterocycles. The monoisotopic (exact) mass is 294 g/mol. The van der Waals surface area contributed by atoms with E-state index in [2.05, 4.69) is 19.8 Å². The quantitative estimate of drug-likeness (QED) is 0.797. The highest BCUT2D eigenvalue weighted by atomic mass is 16.5. The second-order valence-corrected chi connectivity index (χ2v) is 5.29. The molecule has 3 rings (SSSR count). The summed E-state index contributed by atoms with van der Waals surface area (Å²) in [6.07, 6.45) is 1.13. The fourth-order valence-electron chi connectivity index (χ4n) is 2.91. The fourth-order valence-corrected chi connectivity index (χ4v) is 2.91. The number of hydrogen-bond acceptors (Lipinski definition) is 7. The third-order valence-electron chi connectivity index (χ3n) is 4.09. The lowest BCUT2D eigenvalue weighted by Crippen LogP contribution is -2.44. The van der Waals surface area contributed by atoms with Gasteiger partial charge in [-0.15, -0.1) is 0 Å². The van der Waals surface area contributed by atoms with Crippen LogP contribution in [0.2, 0.25) is 0 Å². The standard InChI is InChI=1S/C14H22N4O3/c1-19-12-9-13(20-2)16-14(15-12)18-4-3-11(10-18)17-5-7-21-8-6-17/h9,11H,3-8,10H2,1-2H3. The molecule has 0 bridgehead atoms. The van der Waals surface area contributed by atoms with Crippen LogP contribution in [0.5, 0.6) is 11.8 Å². The van der Waals surface area contributed by atoms with E-state index < -0.39 is 0 Å². The highest BCUT2D eigenvalue weighted by Crippen LogP contribution is 2.25. The summed E-state index contributed by atoms with van der Waals surface area (Å²) in [6.45, 7) is 5.59. The summed E-state index contributed by atoms with van der Waals surface area (Å²) in [5.41, 5.74) is 0. The van der Waals surface area contributed by atoms with E-state index in [9.17, 15) is 0 Å². The average Bonchev–Trinajstić information content (AvgIpc) is 3.05. The van der Waals surface area contributed by atoms with E-state index in [1.807, 2.05) is 0 Å². The maximum absolute atomic E-state index is 5.42. The number of rotatable bonds is 4. The molecule has 0 N–H and O–H groups in total. The van der Waals surface area contributed by atoms with E-state index in [1.54, 1.807) is 20.3 Å². The molecule has 0 radical (unpaired) electrons. The van der Waals surface area contributed by atoms with Crippen molar-refractivity contribution in [2.24, 2.45) is 0 Å². The van der Waals surface area contributed by atoms with Gasteiger partial charge in [0.15, 0.2) is 0 Å². The van der Waals surface area contributed by atoms with Crippen molar-refractivity contribution in [2.45, 2.75) is 12.5 Å². The van der Waals surface area contributed by atoms with Crippen LogP contribution in [-0.4, -0.2) is 74.5 Å². The molecule has 1 atom stereocenters. The van der Waals surface area contributed by atoms with Crippen molar-refractivity contribution in [1.82, 2.24) is 14.9 Å². The van der Waals surface area contributed by atoms with Crippen molar-refractivity contribution >= 4 is 5.95 Å². The Bertz CT molecular complexity index is 457. The van der Waals surface area contributed by atoms with Crippen molar-refractivity contribution in [3.8, 4) is 11.8 Å². The molecule has 1 aromatic rings. The van der Waals surface area contributed by atoms with E-state index in [0.29, 0.717) is 23.8 Å². The zero-order chi connectivity index (χ0) is 14.7. The molecule has 2 aliphatic rings. The number of ether oxygens (including phenoxy) is 3. The third-order valence-corrected chi connectivity index (χ3v) is 4.09. The molecular weight excluding hydrogens is 272 g/mol. The Kier molecular flexibility index (Phi) is 4.40. The lowest BCUT2D eigenvalue weighted by Gasteiger charge is -2.32. The zero-order valence-electron chi connectivity index (χ0n) is 12.6. The smallest absolute Gasteiger partial charge is 0.232 e. The summed E-state index contributed by atoms with van der Waals surface area (Å²) in [5, 5.41) is 0. The van der Waals surface area contributed by atoms with Gasteiger partial charge in [-0.2, -0.15) is 9.97 Å². The van der Waals surface area contributed by atoms with Crippen LogP contribution in [0.25, 0.3) is 0 Å². The molecule has 0 aliphatic carbocycles. The number of nitrogens with zero attached hydrogens (tertiary/aromatic N) is 4. The second kappa shape index (κ2) is 6.44. The molecule has 116 valence electrons. The van der Waals surface area contributed by atoms with Gasteiger partial charge in [-0.05, 0) is 6.42 Å².